The zero-order valence-corrected chi connectivity index (χ0v) is 11.7. The number of rotatable bonds is 4. The number of hydrogen-bond acceptors (Lipinski definition) is 5. The number of nitrogen functional groups attached to an aromatic ring is 1. The zero-order chi connectivity index (χ0) is 13.7. The van der Waals surface area contributed by atoms with Gasteiger partial charge < -0.3 is 10.5 Å². The van der Waals surface area contributed by atoms with Gasteiger partial charge in [-0.25, -0.2) is 8.42 Å². The predicted molar refractivity (Wildman–Crippen MR) is 76.1 cm³/mol. The van der Waals surface area contributed by atoms with E-state index >= 15 is 0 Å². The molecule has 2 N–H and O–H groups in total. The van der Waals surface area contributed by atoms with Crippen molar-refractivity contribution in [2.24, 2.45) is 0 Å². The minimum atomic E-state index is -2.83. The van der Waals surface area contributed by atoms with Crippen molar-refractivity contribution in [2.45, 2.75) is 6.42 Å². The molecule has 1 saturated heterocycles. The number of nitrogens with zero attached hydrogens (tertiary/aromatic N) is 1. The molecule has 0 aliphatic carbocycles. The lowest BCUT2D eigenvalue weighted by Crippen LogP contribution is -2.31. The summed E-state index contributed by atoms with van der Waals surface area (Å²) in [6, 6.07) is 7.27. The van der Waals surface area contributed by atoms with Gasteiger partial charge in [-0.3, -0.25) is 4.90 Å². The summed E-state index contributed by atoms with van der Waals surface area (Å²) in [5.74, 6) is 1.36. The van der Waals surface area contributed by atoms with Gasteiger partial charge in [0.05, 0.1) is 11.5 Å². The molecule has 0 radical (unpaired) electrons. The minimum Gasteiger partial charge on any atom is -0.492 e. The van der Waals surface area contributed by atoms with Crippen molar-refractivity contribution < 1.29 is 13.2 Å². The lowest BCUT2D eigenvalue weighted by atomic mass is 10.3. The van der Waals surface area contributed by atoms with Crippen LogP contribution in [0.25, 0.3) is 0 Å². The van der Waals surface area contributed by atoms with Crippen molar-refractivity contribution in [1.82, 2.24) is 4.90 Å². The predicted octanol–water partition coefficient (Wildman–Crippen LogP) is 0.768. The Morgan fingerprint density at radius 2 is 1.89 bits per heavy atom. The van der Waals surface area contributed by atoms with E-state index in [4.69, 9.17) is 10.5 Å². The molecule has 0 bridgehead atoms. The maximum absolute atomic E-state index is 11.5. The van der Waals surface area contributed by atoms with E-state index in [2.05, 4.69) is 4.90 Å². The van der Waals surface area contributed by atoms with Crippen LogP contribution in [0.4, 0.5) is 5.69 Å². The van der Waals surface area contributed by atoms with E-state index in [1.54, 1.807) is 12.1 Å². The summed E-state index contributed by atoms with van der Waals surface area (Å²) in [6.45, 7) is 2.74. The smallest absolute Gasteiger partial charge is 0.151 e. The maximum Gasteiger partial charge on any atom is 0.151 e. The third-order valence-corrected chi connectivity index (χ3v) is 4.92. The average Bonchev–Trinajstić information content (AvgIpc) is 2.53. The molecule has 0 saturated carbocycles. The third-order valence-electron chi connectivity index (χ3n) is 3.20. The van der Waals surface area contributed by atoms with Gasteiger partial charge in [0.1, 0.15) is 12.4 Å². The first kappa shape index (κ1) is 14.1. The van der Waals surface area contributed by atoms with Gasteiger partial charge in [0.2, 0.25) is 0 Å². The van der Waals surface area contributed by atoms with E-state index in [1.165, 1.54) is 0 Å². The molecule has 19 heavy (non-hydrogen) atoms. The number of hydrogen-bond donors (Lipinski definition) is 1. The van der Waals surface area contributed by atoms with Crippen LogP contribution in [-0.4, -0.2) is 51.1 Å². The van der Waals surface area contributed by atoms with Crippen LogP contribution >= 0.6 is 0 Å². The van der Waals surface area contributed by atoms with Crippen LogP contribution in [-0.2, 0) is 9.84 Å². The number of ether oxygens (including phenoxy) is 1. The van der Waals surface area contributed by atoms with Crippen molar-refractivity contribution in [1.29, 1.82) is 0 Å². The monoisotopic (exact) mass is 284 g/mol. The van der Waals surface area contributed by atoms with Gasteiger partial charge in [0.25, 0.3) is 0 Å². The molecule has 5 nitrogen and oxygen atoms in total. The van der Waals surface area contributed by atoms with Crippen molar-refractivity contribution in [3.63, 3.8) is 0 Å². The van der Waals surface area contributed by atoms with E-state index < -0.39 is 9.84 Å². The summed E-state index contributed by atoms with van der Waals surface area (Å²) in [5, 5.41) is 0. The Kier molecular flexibility index (Phi) is 4.66. The molecule has 0 atom stereocenters. The molecule has 1 fully saturated rings. The van der Waals surface area contributed by atoms with E-state index in [9.17, 15) is 8.42 Å². The highest BCUT2D eigenvalue weighted by molar-refractivity contribution is 7.91. The van der Waals surface area contributed by atoms with Gasteiger partial charge in [-0.15, -0.1) is 0 Å². The van der Waals surface area contributed by atoms with Gasteiger partial charge in [-0.2, -0.15) is 0 Å². The quantitative estimate of drug-likeness (QED) is 0.827. The van der Waals surface area contributed by atoms with Crippen LogP contribution in [0.5, 0.6) is 5.75 Å². The molecule has 6 heteroatoms. The van der Waals surface area contributed by atoms with E-state index in [0.29, 0.717) is 31.0 Å². The molecule has 1 heterocycles. The SMILES string of the molecule is Nc1ccc(OCCN2CCCS(=O)(=O)CC2)cc1. The zero-order valence-electron chi connectivity index (χ0n) is 10.9. The second-order valence-electron chi connectivity index (χ2n) is 4.76. The molecule has 1 aromatic rings. The molecule has 0 unspecified atom stereocenters. The minimum absolute atomic E-state index is 0.259. The maximum atomic E-state index is 11.5. The topological polar surface area (TPSA) is 72.6 Å². The summed E-state index contributed by atoms with van der Waals surface area (Å²) in [7, 11) is -2.83. The second kappa shape index (κ2) is 6.25. The first-order chi connectivity index (χ1) is 9.05. The first-order valence-corrected chi connectivity index (χ1v) is 8.28. The largest absolute Gasteiger partial charge is 0.492 e. The summed E-state index contributed by atoms with van der Waals surface area (Å²) in [5.41, 5.74) is 6.31. The van der Waals surface area contributed by atoms with Crippen molar-refractivity contribution >= 4 is 15.5 Å². The number of anilines is 1. The summed E-state index contributed by atoms with van der Waals surface area (Å²) < 4.78 is 28.6. The molecule has 2 rings (SSSR count). The van der Waals surface area contributed by atoms with E-state index in [-0.39, 0.29) is 5.75 Å². The number of nitrogens with two attached hydrogens (primary N) is 1. The molecule has 0 aromatic heterocycles. The summed E-state index contributed by atoms with van der Waals surface area (Å²) in [4.78, 5) is 2.14. The fourth-order valence-electron chi connectivity index (χ4n) is 2.07. The summed E-state index contributed by atoms with van der Waals surface area (Å²) in [6.07, 6.45) is 0.713. The Morgan fingerprint density at radius 1 is 1.16 bits per heavy atom. The van der Waals surface area contributed by atoms with E-state index in [1.807, 2.05) is 12.1 Å². The number of sulfone groups is 1. The Morgan fingerprint density at radius 3 is 2.63 bits per heavy atom. The lowest BCUT2D eigenvalue weighted by molar-refractivity contribution is 0.219. The highest BCUT2D eigenvalue weighted by atomic mass is 32.2. The van der Waals surface area contributed by atoms with Crippen LogP contribution < -0.4 is 10.5 Å². The second-order valence-corrected chi connectivity index (χ2v) is 7.07. The fraction of sp³-hybridized carbons (Fsp3) is 0.538. The summed E-state index contributed by atoms with van der Waals surface area (Å²) >= 11 is 0. The van der Waals surface area contributed by atoms with Crippen molar-refractivity contribution in [3.05, 3.63) is 24.3 Å². The molecule has 0 amide bonds. The van der Waals surface area contributed by atoms with Crippen LogP contribution in [0.2, 0.25) is 0 Å². The lowest BCUT2D eigenvalue weighted by Gasteiger charge is -2.19. The third kappa shape index (κ3) is 4.72. The fourth-order valence-corrected chi connectivity index (χ4v) is 3.38. The van der Waals surface area contributed by atoms with Crippen molar-refractivity contribution in [3.8, 4) is 5.75 Å². The highest BCUT2D eigenvalue weighted by Gasteiger charge is 2.18. The molecule has 0 spiro atoms. The van der Waals surface area contributed by atoms with Gasteiger partial charge >= 0.3 is 0 Å². The highest BCUT2D eigenvalue weighted by Crippen LogP contribution is 2.13. The van der Waals surface area contributed by atoms with Gasteiger partial charge in [-0.1, -0.05) is 0 Å². The average molecular weight is 284 g/mol. The van der Waals surface area contributed by atoms with Crippen LogP contribution in [0, 0.1) is 0 Å². The van der Waals surface area contributed by atoms with Crippen LogP contribution in [0.1, 0.15) is 6.42 Å². The molecule has 1 aliphatic rings. The van der Waals surface area contributed by atoms with Gasteiger partial charge in [-0.05, 0) is 37.2 Å². The molecule has 106 valence electrons. The molecular weight excluding hydrogens is 264 g/mol. The molecule has 1 aliphatic heterocycles. The molecular formula is C13H20N2O3S. The van der Waals surface area contributed by atoms with Crippen molar-refractivity contribution in [2.75, 3.05) is 43.5 Å². The first-order valence-electron chi connectivity index (χ1n) is 6.46. The normalized spacial score (nSPS) is 19.8. The Balaban J connectivity index is 1.75. The Hall–Kier alpha value is -1.27. The van der Waals surface area contributed by atoms with E-state index in [0.717, 1.165) is 18.8 Å². The van der Waals surface area contributed by atoms with Gasteiger partial charge in [0, 0.05) is 18.8 Å². The van der Waals surface area contributed by atoms with Crippen LogP contribution in [0.15, 0.2) is 24.3 Å². The standard InChI is InChI=1S/C13H20N2O3S/c14-12-2-4-13(5-3-12)18-9-7-15-6-1-10-19(16,17)11-8-15/h2-5H,1,6-11,14H2. The van der Waals surface area contributed by atoms with Crippen LogP contribution in [0.3, 0.4) is 0 Å². The number of benzene rings is 1. The Labute approximate surface area is 114 Å². The van der Waals surface area contributed by atoms with Gasteiger partial charge in [0.15, 0.2) is 9.84 Å². The Bertz CT molecular complexity index is 499. The molecule has 1 aromatic carbocycles.